The molecule has 1 aliphatic heterocycles. The third-order valence-corrected chi connectivity index (χ3v) is 3.60. The number of nitrogens with two attached hydrogens (primary N) is 1. The van der Waals surface area contributed by atoms with E-state index in [1.54, 1.807) is 0 Å². The first-order chi connectivity index (χ1) is 7.31. The van der Waals surface area contributed by atoms with Crippen molar-refractivity contribution < 1.29 is 4.79 Å². The van der Waals surface area contributed by atoms with Crippen LogP contribution in [0.2, 0.25) is 0 Å². The van der Waals surface area contributed by atoms with Crippen LogP contribution < -0.4 is 11.1 Å². The van der Waals surface area contributed by atoms with Gasteiger partial charge in [-0.1, -0.05) is 12.8 Å². The van der Waals surface area contributed by atoms with Crippen molar-refractivity contribution in [3.05, 3.63) is 0 Å². The summed E-state index contributed by atoms with van der Waals surface area (Å²) in [6.45, 7) is 2.44. The van der Waals surface area contributed by atoms with E-state index in [4.69, 9.17) is 5.73 Å². The fourth-order valence-corrected chi connectivity index (χ4v) is 2.72. The minimum absolute atomic E-state index is 0.134. The van der Waals surface area contributed by atoms with Crippen molar-refractivity contribution >= 4 is 6.03 Å². The van der Waals surface area contributed by atoms with Crippen molar-refractivity contribution in [2.75, 3.05) is 19.6 Å². The van der Waals surface area contributed by atoms with Crippen LogP contribution in [0.4, 0.5) is 4.79 Å². The van der Waals surface area contributed by atoms with Gasteiger partial charge in [0.05, 0.1) is 0 Å². The highest BCUT2D eigenvalue weighted by molar-refractivity contribution is 5.75. The number of carbonyl (C=O) groups is 1. The van der Waals surface area contributed by atoms with Crippen molar-refractivity contribution in [2.24, 2.45) is 11.7 Å². The normalized spacial score (nSPS) is 28.2. The average molecular weight is 211 g/mol. The van der Waals surface area contributed by atoms with Gasteiger partial charge in [0.25, 0.3) is 0 Å². The number of nitrogens with zero attached hydrogens (tertiary/aromatic N) is 1. The van der Waals surface area contributed by atoms with Crippen LogP contribution in [0.1, 0.15) is 32.1 Å². The van der Waals surface area contributed by atoms with Crippen LogP contribution in [0, 0.1) is 5.92 Å². The maximum Gasteiger partial charge on any atom is 0.317 e. The molecule has 15 heavy (non-hydrogen) atoms. The second kappa shape index (κ2) is 4.84. The number of amides is 2. The molecule has 0 aromatic rings. The van der Waals surface area contributed by atoms with E-state index < -0.39 is 0 Å². The van der Waals surface area contributed by atoms with Gasteiger partial charge >= 0.3 is 6.03 Å². The molecule has 4 nitrogen and oxygen atoms in total. The monoisotopic (exact) mass is 211 g/mol. The van der Waals surface area contributed by atoms with Crippen molar-refractivity contribution in [3.8, 4) is 0 Å². The fraction of sp³-hybridized carbons (Fsp3) is 0.909. The molecule has 2 amide bonds. The minimum Gasteiger partial charge on any atom is -0.338 e. The van der Waals surface area contributed by atoms with Gasteiger partial charge in [0.15, 0.2) is 0 Å². The first kappa shape index (κ1) is 10.7. The van der Waals surface area contributed by atoms with Crippen LogP contribution in [0.5, 0.6) is 0 Å². The quantitative estimate of drug-likeness (QED) is 0.729. The third-order valence-electron chi connectivity index (χ3n) is 3.60. The largest absolute Gasteiger partial charge is 0.338 e. The van der Waals surface area contributed by atoms with Crippen molar-refractivity contribution in [3.63, 3.8) is 0 Å². The van der Waals surface area contributed by atoms with Gasteiger partial charge in [-0.05, 0) is 31.7 Å². The number of hydrogen-bond donors (Lipinski definition) is 2. The van der Waals surface area contributed by atoms with Gasteiger partial charge in [0.2, 0.25) is 0 Å². The Morgan fingerprint density at radius 1 is 1.40 bits per heavy atom. The molecule has 0 radical (unpaired) electrons. The zero-order chi connectivity index (χ0) is 10.7. The number of nitrogens with one attached hydrogen (secondary N) is 1. The molecule has 3 N–H and O–H groups in total. The van der Waals surface area contributed by atoms with Crippen LogP contribution in [-0.4, -0.2) is 36.6 Å². The van der Waals surface area contributed by atoms with Gasteiger partial charge < -0.3 is 16.0 Å². The predicted octanol–water partition coefficient (Wildman–Crippen LogP) is 0.919. The molecule has 0 aromatic carbocycles. The van der Waals surface area contributed by atoms with E-state index in [9.17, 15) is 4.79 Å². The molecule has 1 saturated heterocycles. The summed E-state index contributed by atoms with van der Waals surface area (Å²) in [6, 6.07) is 0.626. The molecule has 86 valence electrons. The second-order valence-electron chi connectivity index (χ2n) is 4.72. The maximum atomic E-state index is 11.7. The topological polar surface area (TPSA) is 58.4 Å². The van der Waals surface area contributed by atoms with E-state index in [2.05, 4.69) is 5.32 Å². The molecule has 0 spiro atoms. The highest BCUT2D eigenvalue weighted by atomic mass is 16.2. The highest BCUT2D eigenvalue weighted by Crippen LogP contribution is 2.25. The van der Waals surface area contributed by atoms with Gasteiger partial charge in [-0.15, -0.1) is 0 Å². The van der Waals surface area contributed by atoms with E-state index in [0.29, 0.717) is 12.0 Å². The third kappa shape index (κ3) is 2.43. The zero-order valence-electron chi connectivity index (χ0n) is 9.24. The summed E-state index contributed by atoms with van der Waals surface area (Å²) in [7, 11) is 0. The second-order valence-corrected chi connectivity index (χ2v) is 4.72. The molecule has 1 heterocycles. The van der Waals surface area contributed by atoms with Crippen molar-refractivity contribution in [1.82, 2.24) is 10.2 Å². The molecule has 4 heteroatoms. The standard InChI is InChI=1S/C11H21N3O/c12-6-5-9-7-13-11(15)14(8-9)10-3-1-2-4-10/h9-10H,1-8,12H2,(H,13,15). The lowest BCUT2D eigenvalue weighted by atomic mass is 10.0. The van der Waals surface area contributed by atoms with E-state index in [-0.39, 0.29) is 6.03 Å². The summed E-state index contributed by atoms with van der Waals surface area (Å²) >= 11 is 0. The van der Waals surface area contributed by atoms with Gasteiger partial charge in [0.1, 0.15) is 0 Å². The Balaban J connectivity index is 1.92. The maximum absolute atomic E-state index is 11.7. The van der Waals surface area contributed by atoms with Crippen molar-refractivity contribution in [1.29, 1.82) is 0 Å². The molecule has 0 aromatic heterocycles. The first-order valence-corrected chi connectivity index (χ1v) is 6.06. The summed E-state index contributed by atoms with van der Waals surface area (Å²) in [5, 5.41) is 2.98. The molecule has 1 atom stereocenters. The lowest BCUT2D eigenvalue weighted by Gasteiger charge is -2.37. The summed E-state index contributed by atoms with van der Waals surface area (Å²) in [6.07, 6.45) is 5.93. The van der Waals surface area contributed by atoms with Crippen LogP contribution in [-0.2, 0) is 0 Å². The Kier molecular flexibility index (Phi) is 3.46. The zero-order valence-corrected chi connectivity index (χ0v) is 9.24. The molecule has 1 saturated carbocycles. The summed E-state index contributed by atoms with van der Waals surface area (Å²) in [5.74, 6) is 0.549. The number of hydrogen-bond acceptors (Lipinski definition) is 2. The smallest absolute Gasteiger partial charge is 0.317 e. The SMILES string of the molecule is NCCC1CNC(=O)N(C2CCCC2)C1. The molecule has 2 aliphatic rings. The molecule has 2 rings (SSSR count). The molecular formula is C11H21N3O. The number of carbonyl (C=O) groups excluding carboxylic acids is 1. The van der Waals surface area contributed by atoms with E-state index in [1.165, 1.54) is 25.7 Å². The predicted molar refractivity (Wildman–Crippen MR) is 59.5 cm³/mol. The van der Waals surface area contributed by atoms with Gasteiger partial charge in [-0.3, -0.25) is 0 Å². The Morgan fingerprint density at radius 3 is 2.80 bits per heavy atom. The Bertz CT molecular complexity index is 226. The van der Waals surface area contributed by atoms with E-state index >= 15 is 0 Å². The van der Waals surface area contributed by atoms with Gasteiger partial charge in [0, 0.05) is 19.1 Å². The lowest BCUT2D eigenvalue weighted by Crippen LogP contribution is -2.54. The van der Waals surface area contributed by atoms with Crippen molar-refractivity contribution in [2.45, 2.75) is 38.1 Å². The summed E-state index contributed by atoms with van der Waals surface area (Å²) in [5.41, 5.74) is 5.56. The summed E-state index contributed by atoms with van der Waals surface area (Å²) < 4.78 is 0. The Hall–Kier alpha value is -0.770. The van der Waals surface area contributed by atoms with Crippen LogP contribution >= 0.6 is 0 Å². The summed E-state index contributed by atoms with van der Waals surface area (Å²) in [4.78, 5) is 13.8. The Labute approximate surface area is 91.2 Å². The highest BCUT2D eigenvalue weighted by Gasteiger charge is 2.31. The van der Waals surface area contributed by atoms with Gasteiger partial charge in [-0.25, -0.2) is 4.79 Å². The fourth-order valence-electron chi connectivity index (χ4n) is 2.72. The molecular weight excluding hydrogens is 190 g/mol. The van der Waals surface area contributed by atoms with Crippen LogP contribution in [0.3, 0.4) is 0 Å². The van der Waals surface area contributed by atoms with E-state index in [0.717, 1.165) is 26.1 Å². The lowest BCUT2D eigenvalue weighted by molar-refractivity contribution is 0.139. The molecule has 2 fully saturated rings. The van der Waals surface area contributed by atoms with Crippen LogP contribution in [0.15, 0.2) is 0 Å². The molecule has 1 unspecified atom stereocenters. The average Bonchev–Trinajstić information content (AvgIpc) is 2.74. The van der Waals surface area contributed by atoms with E-state index in [1.807, 2.05) is 4.90 Å². The molecule has 1 aliphatic carbocycles. The van der Waals surface area contributed by atoms with Crippen LogP contribution in [0.25, 0.3) is 0 Å². The Morgan fingerprint density at radius 2 is 2.13 bits per heavy atom. The number of urea groups is 1. The van der Waals surface area contributed by atoms with Gasteiger partial charge in [-0.2, -0.15) is 0 Å². The number of rotatable bonds is 3. The first-order valence-electron chi connectivity index (χ1n) is 6.06. The minimum atomic E-state index is 0.134. The molecule has 0 bridgehead atoms.